The molecule has 150 valence electrons. The second kappa shape index (κ2) is 6.41. The molecule has 0 N–H and O–H groups in total. The Morgan fingerprint density at radius 1 is 1.25 bits per heavy atom. The van der Waals surface area contributed by atoms with Gasteiger partial charge in [0.2, 0.25) is 0 Å². The number of carbonyl (C=O) groups is 1. The van der Waals surface area contributed by atoms with Gasteiger partial charge in [-0.25, -0.2) is 4.89 Å². The topological polar surface area (TPSA) is 54.0 Å². The van der Waals surface area contributed by atoms with Crippen molar-refractivity contribution in [1.29, 1.82) is 0 Å². The number of hydrogen-bond acceptors (Lipinski definition) is 5. The summed E-state index contributed by atoms with van der Waals surface area (Å²) >= 11 is 0. The maximum absolute atomic E-state index is 11.3. The van der Waals surface area contributed by atoms with Crippen molar-refractivity contribution in [3.63, 3.8) is 0 Å². The van der Waals surface area contributed by atoms with Crippen LogP contribution < -0.4 is 4.74 Å². The zero-order chi connectivity index (χ0) is 19.5. The number of ether oxygens (including phenoxy) is 2. The summed E-state index contributed by atoms with van der Waals surface area (Å²) in [4.78, 5) is 23.2. The highest BCUT2D eigenvalue weighted by atomic mass is 17.3. The Kier molecular flexibility index (Phi) is 4.20. The molecule has 4 bridgehead atoms. The lowest BCUT2D eigenvalue weighted by Gasteiger charge is -2.60. The minimum absolute atomic E-state index is 0.00679. The lowest BCUT2D eigenvalue weighted by Crippen LogP contribution is -2.71. The largest absolute Gasteiger partial charge is 0.493 e. The monoisotopic (exact) mass is 384 g/mol. The molecule has 1 aliphatic heterocycles. The molecule has 0 aromatic heterocycles. The van der Waals surface area contributed by atoms with E-state index in [1.165, 1.54) is 25.7 Å². The van der Waals surface area contributed by atoms with E-state index in [0.29, 0.717) is 18.4 Å². The maximum Gasteiger partial charge on any atom is 0.260 e. The van der Waals surface area contributed by atoms with Crippen molar-refractivity contribution in [2.75, 3.05) is 13.7 Å². The van der Waals surface area contributed by atoms with Gasteiger partial charge < -0.3 is 9.47 Å². The third kappa shape index (κ3) is 2.27. The Hall–Kier alpha value is -1.69. The first-order valence-corrected chi connectivity index (χ1v) is 10.4. The van der Waals surface area contributed by atoms with Crippen LogP contribution in [0.2, 0.25) is 0 Å². The third-order valence-corrected chi connectivity index (χ3v) is 7.44. The van der Waals surface area contributed by atoms with E-state index in [-0.39, 0.29) is 11.4 Å². The fourth-order valence-corrected chi connectivity index (χ4v) is 6.54. The van der Waals surface area contributed by atoms with Gasteiger partial charge in [0.1, 0.15) is 5.75 Å². The zero-order valence-electron chi connectivity index (χ0n) is 16.8. The molecule has 1 saturated heterocycles. The average Bonchev–Trinajstić information content (AvgIpc) is 3.07. The Morgan fingerprint density at radius 3 is 2.75 bits per heavy atom. The van der Waals surface area contributed by atoms with Crippen LogP contribution in [0.15, 0.2) is 24.3 Å². The molecular weight excluding hydrogens is 356 g/mol. The molecular formula is C23H28O5. The standard InChI is InChI=1S/C23H28O5/c1-4-26-21-13-18(8-7-16(21)6-5-14(2)24)23(25-3)22(27-28-23)19-10-15-9-17(12-19)20(22)11-15/h5-8,13,15,17,19-20H,4,9-12H2,1-3H3/b6-5+. The quantitative estimate of drug-likeness (QED) is 0.542. The summed E-state index contributed by atoms with van der Waals surface area (Å²) in [5, 5.41) is 0. The molecule has 1 aromatic carbocycles. The van der Waals surface area contributed by atoms with Crippen LogP contribution in [0.1, 0.15) is 50.7 Å². The summed E-state index contributed by atoms with van der Waals surface area (Å²) in [6.45, 7) is 4.04. The van der Waals surface area contributed by atoms with Crippen molar-refractivity contribution in [3.05, 3.63) is 35.4 Å². The minimum atomic E-state index is -0.888. The fraction of sp³-hybridized carbons (Fsp3) is 0.609. The van der Waals surface area contributed by atoms with E-state index in [0.717, 1.165) is 28.7 Å². The van der Waals surface area contributed by atoms with Gasteiger partial charge in [-0.2, -0.15) is 4.89 Å². The van der Waals surface area contributed by atoms with E-state index < -0.39 is 5.79 Å². The normalized spacial score (nSPS) is 40.4. The van der Waals surface area contributed by atoms with Crippen LogP contribution in [0.3, 0.4) is 0 Å². The molecule has 5 heteroatoms. The van der Waals surface area contributed by atoms with Gasteiger partial charge >= 0.3 is 0 Å². The summed E-state index contributed by atoms with van der Waals surface area (Å²) in [6, 6.07) is 5.99. The van der Waals surface area contributed by atoms with Crippen molar-refractivity contribution in [2.24, 2.45) is 23.7 Å². The van der Waals surface area contributed by atoms with E-state index in [2.05, 4.69) is 0 Å². The molecule has 5 nitrogen and oxygen atoms in total. The van der Waals surface area contributed by atoms with Gasteiger partial charge in [0.15, 0.2) is 11.4 Å². The first-order valence-electron chi connectivity index (χ1n) is 10.4. The van der Waals surface area contributed by atoms with Crippen molar-refractivity contribution >= 4 is 11.9 Å². The number of benzene rings is 1. The van der Waals surface area contributed by atoms with Gasteiger partial charge in [0.05, 0.1) is 6.61 Å². The maximum atomic E-state index is 11.3. The van der Waals surface area contributed by atoms with Crippen LogP contribution in [0, 0.1) is 23.7 Å². The lowest BCUT2D eigenvalue weighted by molar-refractivity contribution is -0.635. The predicted molar refractivity (Wildman–Crippen MR) is 103 cm³/mol. The molecule has 28 heavy (non-hydrogen) atoms. The fourth-order valence-electron chi connectivity index (χ4n) is 6.54. The molecule has 1 aromatic rings. The van der Waals surface area contributed by atoms with Crippen LogP contribution >= 0.6 is 0 Å². The number of allylic oxidation sites excluding steroid dienone is 1. The second-order valence-corrected chi connectivity index (χ2v) is 8.78. The minimum Gasteiger partial charge on any atom is -0.493 e. The molecule has 0 amide bonds. The van der Waals surface area contributed by atoms with Crippen LogP contribution in [0.5, 0.6) is 5.75 Å². The highest BCUT2D eigenvalue weighted by molar-refractivity contribution is 5.91. The van der Waals surface area contributed by atoms with Crippen LogP contribution in [-0.2, 0) is 25.1 Å². The summed E-state index contributed by atoms with van der Waals surface area (Å²) in [6.07, 6.45) is 8.32. The molecule has 4 aliphatic carbocycles. The van der Waals surface area contributed by atoms with E-state index in [4.69, 9.17) is 19.2 Å². The van der Waals surface area contributed by atoms with Crippen molar-refractivity contribution in [2.45, 2.75) is 50.9 Å². The van der Waals surface area contributed by atoms with E-state index >= 15 is 0 Å². The third-order valence-electron chi connectivity index (χ3n) is 7.44. The van der Waals surface area contributed by atoms with Crippen molar-refractivity contribution in [3.8, 4) is 5.75 Å². The molecule has 0 radical (unpaired) electrons. The van der Waals surface area contributed by atoms with E-state index in [1.807, 2.05) is 25.1 Å². The van der Waals surface area contributed by atoms with Crippen molar-refractivity contribution in [1.82, 2.24) is 0 Å². The number of ketones is 1. The average molecular weight is 384 g/mol. The summed E-state index contributed by atoms with van der Waals surface area (Å²) in [7, 11) is 1.71. The number of methoxy groups -OCH3 is 1. The Bertz CT molecular complexity index is 824. The van der Waals surface area contributed by atoms with Crippen LogP contribution in [-0.4, -0.2) is 25.1 Å². The molecule has 1 spiro atoms. The van der Waals surface area contributed by atoms with Gasteiger partial charge in [-0.3, -0.25) is 4.79 Å². The van der Waals surface area contributed by atoms with Crippen molar-refractivity contribution < 1.29 is 24.0 Å². The molecule has 4 saturated carbocycles. The van der Waals surface area contributed by atoms with Crippen LogP contribution in [0.4, 0.5) is 0 Å². The first kappa shape index (κ1) is 18.3. The molecule has 5 aliphatic rings. The molecule has 6 atom stereocenters. The molecule has 5 fully saturated rings. The Balaban J connectivity index is 1.56. The van der Waals surface area contributed by atoms with Gasteiger partial charge in [-0.15, -0.1) is 0 Å². The number of hydrogen-bond donors (Lipinski definition) is 0. The summed E-state index contributed by atoms with van der Waals surface area (Å²) < 4.78 is 12.0. The highest BCUT2D eigenvalue weighted by Gasteiger charge is 2.79. The summed E-state index contributed by atoms with van der Waals surface area (Å²) in [5.74, 6) is 2.40. The lowest BCUT2D eigenvalue weighted by atomic mass is 9.65. The Morgan fingerprint density at radius 2 is 2.11 bits per heavy atom. The van der Waals surface area contributed by atoms with Gasteiger partial charge in [-0.1, -0.05) is 12.1 Å². The molecule has 6 unspecified atom stereocenters. The van der Waals surface area contributed by atoms with Crippen LogP contribution in [0.25, 0.3) is 6.08 Å². The smallest absolute Gasteiger partial charge is 0.260 e. The van der Waals surface area contributed by atoms with Gasteiger partial charge in [-0.05, 0) is 75.5 Å². The number of rotatable bonds is 6. The second-order valence-electron chi connectivity index (χ2n) is 8.78. The highest BCUT2D eigenvalue weighted by Crippen LogP contribution is 2.72. The zero-order valence-corrected chi connectivity index (χ0v) is 16.8. The Labute approximate surface area is 165 Å². The van der Waals surface area contributed by atoms with Gasteiger partial charge in [0, 0.05) is 24.2 Å². The van der Waals surface area contributed by atoms with E-state index in [9.17, 15) is 4.79 Å². The first-order chi connectivity index (χ1) is 13.5. The predicted octanol–water partition coefficient (Wildman–Crippen LogP) is 4.25. The number of carbonyl (C=O) groups excluding carboxylic acids is 1. The summed E-state index contributed by atoms with van der Waals surface area (Å²) in [5.41, 5.74) is 1.41. The SMILES string of the molecule is CCOc1cc(C2(OC)OOC23C2CC4CC(C2)C3C4)ccc1/C=C/C(C)=O. The van der Waals surface area contributed by atoms with E-state index in [1.54, 1.807) is 26.2 Å². The van der Waals surface area contributed by atoms with Gasteiger partial charge in [0.25, 0.3) is 5.79 Å². The molecule has 1 heterocycles. The molecule has 6 rings (SSSR count).